The molecule has 20 heavy (non-hydrogen) atoms. The largest absolute Gasteiger partial charge is 0.478 e. The number of fused-ring (bicyclic) bond motifs is 1. The normalized spacial score (nSPS) is 10.7. The second-order valence-corrected chi connectivity index (χ2v) is 4.57. The summed E-state index contributed by atoms with van der Waals surface area (Å²) >= 11 is 0. The van der Waals surface area contributed by atoms with Crippen LogP contribution in [0.1, 0.15) is 45.7 Å². The van der Waals surface area contributed by atoms with Crippen LogP contribution in [0.3, 0.4) is 0 Å². The first-order valence-electron chi connectivity index (χ1n) is 6.55. The maximum absolute atomic E-state index is 11.6. The van der Waals surface area contributed by atoms with Crippen molar-refractivity contribution in [3.63, 3.8) is 0 Å². The van der Waals surface area contributed by atoms with Crippen LogP contribution in [0.5, 0.6) is 0 Å². The van der Waals surface area contributed by atoms with Crippen LogP contribution >= 0.6 is 0 Å². The lowest BCUT2D eigenvalue weighted by molar-refractivity contribution is 0.0652. The number of hydrogen-bond acceptors (Lipinski definition) is 2. The van der Waals surface area contributed by atoms with E-state index in [0.717, 1.165) is 10.9 Å². The van der Waals surface area contributed by atoms with Gasteiger partial charge in [-0.2, -0.15) is 0 Å². The van der Waals surface area contributed by atoms with Gasteiger partial charge in [-0.25, -0.2) is 9.59 Å². The van der Waals surface area contributed by atoms with Crippen molar-refractivity contribution in [2.45, 2.75) is 26.7 Å². The molecular weight excluding hydrogens is 256 g/mol. The Morgan fingerprint density at radius 1 is 0.850 bits per heavy atom. The van der Waals surface area contributed by atoms with Gasteiger partial charge in [-0.3, -0.25) is 0 Å². The van der Waals surface area contributed by atoms with Crippen molar-refractivity contribution in [3.05, 3.63) is 46.5 Å². The molecule has 104 valence electrons. The zero-order valence-electron chi connectivity index (χ0n) is 11.4. The number of aryl methyl sites for hydroxylation is 1. The minimum Gasteiger partial charge on any atom is -0.478 e. The highest BCUT2D eigenvalue weighted by Gasteiger charge is 2.25. The zero-order valence-corrected chi connectivity index (χ0v) is 11.4. The Kier molecular flexibility index (Phi) is 3.74. The molecule has 0 radical (unpaired) electrons. The van der Waals surface area contributed by atoms with E-state index in [1.54, 1.807) is 12.1 Å². The number of carboxylic acid groups (broad SMARTS) is 2. The van der Waals surface area contributed by atoms with E-state index in [4.69, 9.17) is 0 Å². The van der Waals surface area contributed by atoms with Crippen molar-refractivity contribution in [3.8, 4) is 0 Å². The number of benzene rings is 2. The summed E-state index contributed by atoms with van der Waals surface area (Å²) in [5, 5.41) is 20.2. The SMILES string of the molecule is CCc1c(C(=O)O)c(C(=O)O)c2ccccc2c1CC. The molecule has 2 aromatic carbocycles. The molecule has 0 bridgehead atoms. The minimum absolute atomic E-state index is 0.0736. The quantitative estimate of drug-likeness (QED) is 0.894. The molecule has 0 aliphatic heterocycles. The van der Waals surface area contributed by atoms with Crippen LogP contribution in [-0.2, 0) is 12.8 Å². The van der Waals surface area contributed by atoms with Gasteiger partial charge in [0.05, 0.1) is 11.1 Å². The van der Waals surface area contributed by atoms with Gasteiger partial charge in [0.1, 0.15) is 0 Å². The van der Waals surface area contributed by atoms with Crippen molar-refractivity contribution < 1.29 is 19.8 Å². The molecule has 0 fully saturated rings. The molecule has 0 heterocycles. The van der Waals surface area contributed by atoms with Crippen LogP contribution in [0.15, 0.2) is 24.3 Å². The number of hydrogen-bond donors (Lipinski definition) is 2. The minimum atomic E-state index is -1.20. The fourth-order valence-electron chi connectivity index (χ4n) is 2.82. The van der Waals surface area contributed by atoms with E-state index >= 15 is 0 Å². The molecule has 4 nitrogen and oxygen atoms in total. The maximum atomic E-state index is 11.6. The first kappa shape index (κ1) is 14.1. The highest BCUT2D eigenvalue weighted by atomic mass is 16.4. The van der Waals surface area contributed by atoms with E-state index in [-0.39, 0.29) is 11.1 Å². The van der Waals surface area contributed by atoms with E-state index in [2.05, 4.69) is 0 Å². The van der Waals surface area contributed by atoms with E-state index in [0.29, 0.717) is 23.8 Å². The second-order valence-electron chi connectivity index (χ2n) is 4.57. The molecule has 0 aliphatic carbocycles. The molecule has 0 unspecified atom stereocenters. The van der Waals surface area contributed by atoms with E-state index in [1.807, 2.05) is 26.0 Å². The fourth-order valence-corrected chi connectivity index (χ4v) is 2.82. The number of carboxylic acids is 2. The van der Waals surface area contributed by atoms with Crippen molar-refractivity contribution in [1.29, 1.82) is 0 Å². The summed E-state index contributed by atoms with van der Waals surface area (Å²) in [5.74, 6) is -2.38. The molecule has 0 saturated carbocycles. The summed E-state index contributed by atoms with van der Waals surface area (Å²) in [6.45, 7) is 3.80. The van der Waals surface area contributed by atoms with Gasteiger partial charge in [0.25, 0.3) is 0 Å². The molecule has 0 spiro atoms. The third-order valence-electron chi connectivity index (χ3n) is 3.57. The zero-order chi connectivity index (χ0) is 14.9. The van der Waals surface area contributed by atoms with Crippen LogP contribution in [0, 0.1) is 0 Å². The first-order chi connectivity index (χ1) is 9.52. The molecule has 0 atom stereocenters. The molecule has 0 aliphatic rings. The molecule has 0 saturated heterocycles. The fraction of sp³-hybridized carbons (Fsp3) is 0.250. The molecular formula is C16H16O4. The summed E-state index contributed by atoms with van der Waals surface area (Å²) in [5.41, 5.74) is 1.36. The van der Waals surface area contributed by atoms with Crippen molar-refractivity contribution >= 4 is 22.7 Å². The average Bonchev–Trinajstić information content (AvgIpc) is 2.43. The van der Waals surface area contributed by atoms with Gasteiger partial charge in [-0.05, 0) is 34.7 Å². The van der Waals surface area contributed by atoms with Gasteiger partial charge >= 0.3 is 11.9 Å². The van der Waals surface area contributed by atoms with Gasteiger partial charge < -0.3 is 10.2 Å². The Labute approximate surface area is 116 Å². The molecule has 2 rings (SSSR count). The molecule has 0 amide bonds. The molecule has 4 heteroatoms. The van der Waals surface area contributed by atoms with Crippen LogP contribution in [0.25, 0.3) is 10.8 Å². The highest BCUT2D eigenvalue weighted by Crippen LogP contribution is 2.31. The summed E-state index contributed by atoms with van der Waals surface area (Å²) in [6, 6.07) is 7.09. The lowest BCUT2D eigenvalue weighted by Crippen LogP contribution is -2.14. The second kappa shape index (κ2) is 5.33. The van der Waals surface area contributed by atoms with Crippen molar-refractivity contribution in [2.75, 3.05) is 0 Å². The van der Waals surface area contributed by atoms with Gasteiger partial charge in [0, 0.05) is 0 Å². The Balaban J connectivity index is 3.09. The lowest BCUT2D eigenvalue weighted by Gasteiger charge is -2.17. The Bertz CT molecular complexity index is 701. The predicted molar refractivity (Wildman–Crippen MR) is 76.6 cm³/mol. The van der Waals surface area contributed by atoms with Crippen molar-refractivity contribution in [2.24, 2.45) is 0 Å². The monoisotopic (exact) mass is 272 g/mol. The Morgan fingerprint density at radius 3 is 1.80 bits per heavy atom. The third kappa shape index (κ3) is 2.03. The number of carbonyl (C=O) groups is 2. The summed E-state index contributed by atoms with van der Waals surface area (Å²) in [7, 11) is 0. The van der Waals surface area contributed by atoms with Crippen LogP contribution in [0.2, 0.25) is 0 Å². The van der Waals surface area contributed by atoms with E-state index in [9.17, 15) is 19.8 Å². The highest BCUT2D eigenvalue weighted by molar-refractivity contribution is 6.13. The van der Waals surface area contributed by atoms with Gasteiger partial charge in [-0.1, -0.05) is 38.1 Å². The smallest absolute Gasteiger partial charge is 0.337 e. The summed E-state index contributed by atoms with van der Waals surface area (Å²) < 4.78 is 0. The summed E-state index contributed by atoms with van der Waals surface area (Å²) in [6.07, 6.45) is 1.17. The van der Waals surface area contributed by atoms with Crippen LogP contribution < -0.4 is 0 Å². The van der Waals surface area contributed by atoms with Crippen LogP contribution in [0.4, 0.5) is 0 Å². The topological polar surface area (TPSA) is 74.6 Å². The lowest BCUT2D eigenvalue weighted by atomic mass is 9.87. The number of aromatic carboxylic acids is 2. The van der Waals surface area contributed by atoms with E-state index in [1.165, 1.54) is 0 Å². The van der Waals surface area contributed by atoms with Gasteiger partial charge in [-0.15, -0.1) is 0 Å². The standard InChI is InChI=1S/C16H16O4/c1-3-9-10(4-2)13(15(17)18)14(16(19)20)12-8-6-5-7-11(9)12/h5-8H,3-4H2,1-2H3,(H,17,18)(H,19,20). The van der Waals surface area contributed by atoms with Gasteiger partial charge in [0.15, 0.2) is 0 Å². The molecule has 2 aromatic rings. The van der Waals surface area contributed by atoms with Crippen molar-refractivity contribution in [1.82, 2.24) is 0 Å². The predicted octanol–water partition coefficient (Wildman–Crippen LogP) is 3.36. The Morgan fingerprint density at radius 2 is 1.35 bits per heavy atom. The maximum Gasteiger partial charge on any atom is 0.337 e. The molecule has 0 aromatic heterocycles. The van der Waals surface area contributed by atoms with Gasteiger partial charge in [0.2, 0.25) is 0 Å². The first-order valence-corrected chi connectivity index (χ1v) is 6.55. The average molecular weight is 272 g/mol. The van der Waals surface area contributed by atoms with Crippen LogP contribution in [-0.4, -0.2) is 22.2 Å². The third-order valence-corrected chi connectivity index (χ3v) is 3.57. The van der Waals surface area contributed by atoms with E-state index < -0.39 is 11.9 Å². The number of rotatable bonds is 4. The molecule has 2 N–H and O–H groups in total. The summed E-state index contributed by atoms with van der Waals surface area (Å²) in [4.78, 5) is 23.1. The Hall–Kier alpha value is -2.36.